The van der Waals surface area contributed by atoms with E-state index in [2.05, 4.69) is 0 Å². The van der Waals surface area contributed by atoms with Gasteiger partial charge in [0.25, 0.3) is 0 Å². The highest BCUT2D eigenvalue weighted by Gasteiger charge is 2.33. The fourth-order valence-corrected chi connectivity index (χ4v) is 3.39. The van der Waals surface area contributed by atoms with Gasteiger partial charge in [-0.2, -0.15) is 0 Å². The van der Waals surface area contributed by atoms with Crippen molar-refractivity contribution in [3.63, 3.8) is 0 Å². The molecule has 0 aliphatic carbocycles. The van der Waals surface area contributed by atoms with Crippen molar-refractivity contribution in [3.05, 3.63) is 29.8 Å². The minimum absolute atomic E-state index is 0.124. The zero-order valence-electron chi connectivity index (χ0n) is 12.2. The third kappa shape index (κ3) is 2.88. The van der Waals surface area contributed by atoms with Crippen LogP contribution in [-0.4, -0.2) is 39.5 Å². The molecule has 0 radical (unpaired) electrons. The molecule has 1 aromatic carbocycles. The standard InChI is InChI=1S/C14H22N2O3S/c1-14(10-12(15)8-9-19-14)11-4-6-13(7-5-11)20(17,18)16(2)3/h4-7,12H,8-10,15H2,1-3H3. The molecule has 0 spiro atoms. The first-order valence-electron chi connectivity index (χ1n) is 6.68. The van der Waals surface area contributed by atoms with Crippen LogP contribution >= 0.6 is 0 Å². The Bertz CT molecular complexity index is 569. The molecule has 6 heteroatoms. The van der Waals surface area contributed by atoms with Crippen molar-refractivity contribution in [2.75, 3.05) is 20.7 Å². The summed E-state index contributed by atoms with van der Waals surface area (Å²) >= 11 is 0. The number of nitrogens with two attached hydrogens (primary N) is 1. The SMILES string of the molecule is CN(C)S(=O)(=O)c1ccc(C2(C)CC(N)CCO2)cc1. The number of nitrogens with zero attached hydrogens (tertiary/aromatic N) is 1. The quantitative estimate of drug-likeness (QED) is 0.912. The number of hydrogen-bond donors (Lipinski definition) is 1. The summed E-state index contributed by atoms with van der Waals surface area (Å²) in [4.78, 5) is 0.287. The van der Waals surface area contributed by atoms with Crippen molar-refractivity contribution >= 4 is 10.0 Å². The van der Waals surface area contributed by atoms with Gasteiger partial charge in [0.1, 0.15) is 0 Å². The Labute approximate surface area is 120 Å². The molecule has 2 N–H and O–H groups in total. The zero-order valence-corrected chi connectivity index (χ0v) is 13.0. The maximum absolute atomic E-state index is 12.0. The highest BCUT2D eigenvalue weighted by molar-refractivity contribution is 7.89. The summed E-state index contributed by atoms with van der Waals surface area (Å²) in [7, 11) is -0.344. The topological polar surface area (TPSA) is 72.6 Å². The van der Waals surface area contributed by atoms with Crippen molar-refractivity contribution in [2.45, 2.75) is 36.3 Å². The summed E-state index contributed by atoms with van der Waals surface area (Å²) in [5.41, 5.74) is 6.53. The maximum Gasteiger partial charge on any atom is 0.242 e. The largest absolute Gasteiger partial charge is 0.370 e. The molecule has 5 nitrogen and oxygen atoms in total. The van der Waals surface area contributed by atoms with Crippen LogP contribution in [0.3, 0.4) is 0 Å². The van der Waals surface area contributed by atoms with Gasteiger partial charge in [0.15, 0.2) is 0 Å². The van der Waals surface area contributed by atoms with E-state index in [1.54, 1.807) is 12.1 Å². The first-order chi connectivity index (χ1) is 9.25. The molecule has 2 atom stereocenters. The number of rotatable bonds is 3. The van der Waals surface area contributed by atoms with E-state index in [0.717, 1.165) is 18.4 Å². The lowest BCUT2D eigenvalue weighted by Gasteiger charge is -2.37. The molecule has 1 saturated heterocycles. The van der Waals surface area contributed by atoms with Crippen molar-refractivity contribution < 1.29 is 13.2 Å². The maximum atomic E-state index is 12.0. The summed E-state index contributed by atoms with van der Waals surface area (Å²) in [5.74, 6) is 0. The molecule has 1 aliphatic heterocycles. The van der Waals surface area contributed by atoms with Crippen LogP contribution in [0.15, 0.2) is 29.2 Å². The molecule has 0 amide bonds. The second-order valence-electron chi connectivity index (χ2n) is 5.64. The van der Waals surface area contributed by atoms with Crippen LogP contribution < -0.4 is 5.73 Å². The Morgan fingerprint density at radius 3 is 2.40 bits per heavy atom. The lowest BCUT2D eigenvalue weighted by atomic mass is 9.86. The second-order valence-corrected chi connectivity index (χ2v) is 7.80. The smallest absolute Gasteiger partial charge is 0.242 e. The van der Waals surface area contributed by atoms with Gasteiger partial charge in [0.05, 0.1) is 10.5 Å². The van der Waals surface area contributed by atoms with Crippen LogP contribution in [0.25, 0.3) is 0 Å². The van der Waals surface area contributed by atoms with Crippen LogP contribution in [0.2, 0.25) is 0 Å². The van der Waals surface area contributed by atoms with E-state index in [9.17, 15) is 8.42 Å². The lowest BCUT2D eigenvalue weighted by Crippen LogP contribution is -2.41. The van der Waals surface area contributed by atoms with Gasteiger partial charge in [-0.15, -0.1) is 0 Å². The normalized spacial score (nSPS) is 27.8. The highest BCUT2D eigenvalue weighted by atomic mass is 32.2. The van der Waals surface area contributed by atoms with Gasteiger partial charge in [-0.3, -0.25) is 0 Å². The fraction of sp³-hybridized carbons (Fsp3) is 0.571. The van der Waals surface area contributed by atoms with Gasteiger partial charge in [-0.1, -0.05) is 12.1 Å². The molecule has 1 fully saturated rings. The van der Waals surface area contributed by atoms with Crippen LogP contribution in [0.1, 0.15) is 25.3 Å². The van der Waals surface area contributed by atoms with Crippen molar-refractivity contribution in [2.24, 2.45) is 5.73 Å². The van der Waals surface area contributed by atoms with Crippen LogP contribution in [-0.2, 0) is 20.4 Å². The summed E-state index contributed by atoms with van der Waals surface area (Å²) < 4.78 is 31.1. The molecule has 0 bridgehead atoms. The van der Waals surface area contributed by atoms with Crippen LogP contribution in [0, 0.1) is 0 Å². The third-order valence-electron chi connectivity index (χ3n) is 3.80. The monoisotopic (exact) mass is 298 g/mol. The van der Waals surface area contributed by atoms with Crippen molar-refractivity contribution in [3.8, 4) is 0 Å². The number of benzene rings is 1. The molecule has 20 heavy (non-hydrogen) atoms. The molecule has 1 aliphatic rings. The molecular formula is C14H22N2O3S. The van der Waals surface area contributed by atoms with Gasteiger partial charge in [-0.25, -0.2) is 12.7 Å². The molecule has 1 heterocycles. The van der Waals surface area contributed by atoms with E-state index in [4.69, 9.17) is 10.5 Å². The molecule has 0 saturated carbocycles. The Balaban J connectivity index is 2.29. The number of hydrogen-bond acceptors (Lipinski definition) is 4. The Hall–Kier alpha value is -0.950. The second kappa shape index (κ2) is 5.44. The van der Waals surface area contributed by atoms with E-state index in [1.807, 2.05) is 19.1 Å². The summed E-state index contributed by atoms with van der Waals surface area (Å²) in [6, 6.07) is 7.00. The van der Waals surface area contributed by atoms with Crippen molar-refractivity contribution in [1.82, 2.24) is 4.31 Å². The van der Waals surface area contributed by atoms with E-state index >= 15 is 0 Å². The first kappa shape index (κ1) is 15.4. The predicted molar refractivity (Wildman–Crippen MR) is 77.8 cm³/mol. The van der Waals surface area contributed by atoms with Crippen LogP contribution in [0.5, 0.6) is 0 Å². The third-order valence-corrected chi connectivity index (χ3v) is 5.63. The Morgan fingerprint density at radius 2 is 1.90 bits per heavy atom. The minimum Gasteiger partial charge on any atom is -0.370 e. The zero-order chi connectivity index (χ0) is 15.0. The molecule has 112 valence electrons. The van der Waals surface area contributed by atoms with Gasteiger partial charge < -0.3 is 10.5 Å². The average molecular weight is 298 g/mol. The van der Waals surface area contributed by atoms with E-state index < -0.39 is 15.6 Å². The predicted octanol–water partition coefficient (Wildman–Crippen LogP) is 1.29. The van der Waals surface area contributed by atoms with E-state index in [-0.39, 0.29) is 10.9 Å². The first-order valence-corrected chi connectivity index (χ1v) is 8.12. The minimum atomic E-state index is -3.39. The summed E-state index contributed by atoms with van der Waals surface area (Å²) in [6.45, 7) is 2.64. The molecule has 1 aromatic rings. The van der Waals surface area contributed by atoms with Gasteiger partial charge in [0, 0.05) is 26.7 Å². The van der Waals surface area contributed by atoms with Gasteiger partial charge in [0.2, 0.25) is 10.0 Å². The molecular weight excluding hydrogens is 276 g/mol. The number of ether oxygens (including phenoxy) is 1. The lowest BCUT2D eigenvalue weighted by molar-refractivity contribution is -0.0766. The summed E-state index contributed by atoms with van der Waals surface area (Å²) in [5, 5.41) is 0. The average Bonchev–Trinajstić information content (AvgIpc) is 2.38. The van der Waals surface area contributed by atoms with Crippen LogP contribution in [0.4, 0.5) is 0 Å². The van der Waals surface area contributed by atoms with Gasteiger partial charge >= 0.3 is 0 Å². The molecule has 2 unspecified atom stereocenters. The van der Waals surface area contributed by atoms with E-state index in [0.29, 0.717) is 6.61 Å². The highest BCUT2D eigenvalue weighted by Crippen LogP contribution is 2.34. The number of sulfonamides is 1. The van der Waals surface area contributed by atoms with Crippen molar-refractivity contribution in [1.29, 1.82) is 0 Å². The Kier molecular flexibility index (Phi) is 4.20. The Morgan fingerprint density at radius 1 is 1.30 bits per heavy atom. The van der Waals surface area contributed by atoms with E-state index in [1.165, 1.54) is 18.4 Å². The molecule has 0 aromatic heterocycles. The van der Waals surface area contributed by atoms with Gasteiger partial charge in [-0.05, 0) is 37.5 Å². The molecule has 2 rings (SSSR count). The summed E-state index contributed by atoms with van der Waals surface area (Å²) in [6.07, 6.45) is 1.61. The fourth-order valence-electron chi connectivity index (χ4n) is 2.49.